The Labute approximate surface area is 158 Å². The molecular formula is C20H24N4O3. The van der Waals surface area contributed by atoms with Gasteiger partial charge in [-0.15, -0.1) is 0 Å². The third kappa shape index (κ3) is 6.07. The normalized spacial score (nSPS) is 14.6. The topological polar surface area (TPSA) is 74.8 Å². The Kier molecular flexibility index (Phi) is 6.76. The summed E-state index contributed by atoms with van der Waals surface area (Å²) >= 11 is 0. The van der Waals surface area contributed by atoms with Gasteiger partial charge in [-0.05, 0) is 29.8 Å². The number of amides is 2. The van der Waals surface area contributed by atoms with Crippen molar-refractivity contribution in [2.24, 2.45) is 0 Å². The van der Waals surface area contributed by atoms with Crippen LogP contribution in [-0.4, -0.2) is 65.9 Å². The second-order valence-corrected chi connectivity index (χ2v) is 6.39. The molecule has 0 atom stereocenters. The molecule has 1 aromatic heterocycles. The molecule has 1 saturated heterocycles. The van der Waals surface area contributed by atoms with Crippen LogP contribution in [0.1, 0.15) is 5.56 Å². The largest absolute Gasteiger partial charge is 0.484 e. The number of carbonyl (C=O) groups is 2. The van der Waals surface area contributed by atoms with Gasteiger partial charge < -0.3 is 15.0 Å². The van der Waals surface area contributed by atoms with E-state index < -0.39 is 0 Å². The smallest absolute Gasteiger partial charge is 0.258 e. The number of hydrogen-bond donors (Lipinski definition) is 1. The Balaban J connectivity index is 1.34. The van der Waals surface area contributed by atoms with Gasteiger partial charge in [-0.2, -0.15) is 0 Å². The average molecular weight is 368 g/mol. The average Bonchev–Trinajstić information content (AvgIpc) is 2.72. The molecule has 0 aliphatic carbocycles. The number of ether oxygens (including phenoxy) is 1. The minimum absolute atomic E-state index is 0.00133. The monoisotopic (exact) mass is 368 g/mol. The molecule has 142 valence electrons. The summed E-state index contributed by atoms with van der Waals surface area (Å²) in [7, 11) is 0. The lowest BCUT2D eigenvalue weighted by Gasteiger charge is -2.34. The van der Waals surface area contributed by atoms with Crippen LogP contribution in [0.4, 0.5) is 0 Å². The third-order valence-corrected chi connectivity index (χ3v) is 4.43. The second kappa shape index (κ2) is 9.68. The zero-order chi connectivity index (χ0) is 18.9. The fraction of sp³-hybridized carbons (Fsp3) is 0.350. The molecule has 1 N–H and O–H groups in total. The molecule has 1 aromatic carbocycles. The van der Waals surface area contributed by atoms with Crippen LogP contribution in [0.3, 0.4) is 0 Å². The molecule has 0 unspecified atom stereocenters. The zero-order valence-electron chi connectivity index (χ0n) is 15.2. The fourth-order valence-electron chi connectivity index (χ4n) is 2.90. The Hall–Kier alpha value is -2.93. The summed E-state index contributed by atoms with van der Waals surface area (Å²) in [5.74, 6) is 0.263. The number of benzene rings is 1. The molecule has 7 nitrogen and oxygen atoms in total. The van der Waals surface area contributed by atoms with E-state index in [9.17, 15) is 9.59 Å². The zero-order valence-corrected chi connectivity index (χ0v) is 15.2. The third-order valence-electron chi connectivity index (χ3n) is 4.43. The number of piperazine rings is 1. The van der Waals surface area contributed by atoms with Crippen LogP contribution < -0.4 is 10.1 Å². The highest BCUT2D eigenvalue weighted by molar-refractivity contribution is 5.85. The van der Waals surface area contributed by atoms with E-state index in [0.717, 1.165) is 19.6 Å². The van der Waals surface area contributed by atoms with E-state index in [1.54, 1.807) is 29.4 Å². The number of hydrogen-bond acceptors (Lipinski definition) is 5. The SMILES string of the molecule is O=C(COc1ccccc1)NCC(=O)N1CCN(Cc2ccncc2)CC1. The molecule has 1 aliphatic heterocycles. The van der Waals surface area contributed by atoms with Crippen molar-refractivity contribution in [2.45, 2.75) is 6.54 Å². The number of nitrogens with one attached hydrogen (secondary N) is 1. The lowest BCUT2D eigenvalue weighted by atomic mass is 10.2. The maximum Gasteiger partial charge on any atom is 0.258 e. The van der Waals surface area contributed by atoms with Crippen molar-refractivity contribution in [2.75, 3.05) is 39.3 Å². The van der Waals surface area contributed by atoms with Crippen LogP contribution in [0, 0.1) is 0 Å². The number of pyridine rings is 1. The van der Waals surface area contributed by atoms with Gasteiger partial charge >= 0.3 is 0 Å². The molecule has 3 rings (SSSR count). The first-order chi connectivity index (χ1) is 13.2. The van der Waals surface area contributed by atoms with Crippen molar-refractivity contribution in [1.29, 1.82) is 0 Å². The summed E-state index contributed by atoms with van der Waals surface area (Å²) in [4.78, 5) is 32.3. The highest BCUT2D eigenvalue weighted by Gasteiger charge is 2.21. The maximum absolute atomic E-state index is 12.3. The maximum atomic E-state index is 12.3. The Morgan fingerprint density at radius 3 is 2.41 bits per heavy atom. The van der Waals surface area contributed by atoms with Gasteiger partial charge in [0.05, 0.1) is 6.54 Å². The number of aromatic nitrogens is 1. The number of rotatable bonds is 7. The minimum atomic E-state index is -0.302. The van der Waals surface area contributed by atoms with Gasteiger partial charge in [0.2, 0.25) is 5.91 Å². The highest BCUT2D eigenvalue weighted by atomic mass is 16.5. The van der Waals surface area contributed by atoms with Crippen molar-refractivity contribution in [3.63, 3.8) is 0 Å². The lowest BCUT2D eigenvalue weighted by molar-refractivity contribution is -0.134. The van der Waals surface area contributed by atoms with Gasteiger partial charge in [0.25, 0.3) is 5.91 Å². The van der Waals surface area contributed by atoms with E-state index in [1.807, 2.05) is 30.3 Å². The molecule has 2 amide bonds. The highest BCUT2D eigenvalue weighted by Crippen LogP contribution is 2.08. The van der Waals surface area contributed by atoms with Crippen LogP contribution in [0.15, 0.2) is 54.9 Å². The standard InChI is InChI=1S/C20H24N4O3/c25-19(16-27-18-4-2-1-3-5-18)22-14-20(26)24-12-10-23(11-13-24)15-17-6-8-21-9-7-17/h1-9H,10-16H2,(H,22,25). The van der Waals surface area contributed by atoms with Gasteiger partial charge in [-0.25, -0.2) is 0 Å². The van der Waals surface area contributed by atoms with Crippen molar-refractivity contribution in [3.8, 4) is 5.75 Å². The van der Waals surface area contributed by atoms with Crippen molar-refractivity contribution in [3.05, 3.63) is 60.4 Å². The Morgan fingerprint density at radius 2 is 1.70 bits per heavy atom. The molecule has 2 heterocycles. The van der Waals surface area contributed by atoms with Crippen molar-refractivity contribution in [1.82, 2.24) is 20.1 Å². The number of nitrogens with zero attached hydrogens (tertiary/aromatic N) is 3. The van der Waals surface area contributed by atoms with Crippen LogP contribution in [0.2, 0.25) is 0 Å². The predicted molar refractivity (Wildman–Crippen MR) is 101 cm³/mol. The van der Waals surface area contributed by atoms with Gasteiger partial charge in [0, 0.05) is 45.1 Å². The number of para-hydroxylation sites is 1. The fourth-order valence-corrected chi connectivity index (χ4v) is 2.90. The summed E-state index contributed by atoms with van der Waals surface area (Å²) in [6.07, 6.45) is 3.58. The first-order valence-corrected chi connectivity index (χ1v) is 9.04. The molecule has 7 heteroatoms. The molecular weight excluding hydrogens is 344 g/mol. The van der Waals surface area contributed by atoms with E-state index in [4.69, 9.17) is 4.74 Å². The summed E-state index contributed by atoms with van der Waals surface area (Å²) in [5, 5.41) is 2.63. The van der Waals surface area contributed by atoms with E-state index >= 15 is 0 Å². The molecule has 0 spiro atoms. The molecule has 2 aromatic rings. The number of carbonyl (C=O) groups excluding carboxylic acids is 2. The first-order valence-electron chi connectivity index (χ1n) is 9.04. The molecule has 27 heavy (non-hydrogen) atoms. The summed E-state index contributed by atoms with van der Waals surface area (Å²) in [6.45, 7) is 3.73. The van der Waals surface area contributed by atoms with Crippen LogP contribution >= 0.6 is 0 Å². The van der Waals surface area contributed by atoms with Crippen molar-refractivity contribution >= 4 is 11.8 Å². The van der Waals surface area contributed by atoms with E-state index in [0.29, 0.717) is 18.8 Å². The van der Waals surface area contributed by atoms with E-state index in [1.165, 1.54) is 5.56 Å². The van der Waals surface area contributed by atoms with Gasteiger partial charge in [0.1, 0.15) is 5.75 Å². The van der Waals surface area contributed by atoms with E-state index in [2.05, 4.69) is 15.2 Å². The van der Waals surface area contributed by atoms with Gasteiger partial charge in [-0.3, -0.25) is 19.5 Å². The van der Waals surface area contributed by atoms with Crippen LogP contribution in [0.25, 0.3) is 0 Å². The van der Waals surface area contributed by atoms with Crippen LogP contribution in [0.5, 0.6) is 5.75 Å². The van der Waals surface area contributed by atoms with Gasteiger partial charge in [0.15, 0.2) is 6.61 Å². The molecule has 1 fully saturated rings. The lowest BCUT2D eigenvalue weighted by Crippen LogP contribution is -2.51. The molecule has 0 bridgehead atoms. The van der Waals surface area contributed by atoms with Crippen LogP contribution in [-0.2, 0) is 16.1 Å². The van der Waals surface area contributed by atoms with Gasteiger partial charge in [-0.1, -0.05) is 18.2 Å². The molecule has 0 saturated carbocycles. The Morgan fingerprint density at radius 1 is 1.00 bits per heavy atom. The van der Waals surface area contributed by atoms with Crippen molar-refractivity contribution < 1.29 is 14.3 Å². The first kappa shape index (κ1) is 18.8. The second-order valence-electron chi connectivity index (χ2n) is 6.39. The predicted octanol–water partition coefficient (Wildman–Crippen LogP) is 0.921. The molecule has 1 aliphatic rings. The molecule has 0 radical (unpaired) electrons. The quantitative estimate of drug-likeness (QED) is 0.787. The summed E-state index contributed by atoms with van der Waals surface area (Å²) < 4.78 is 5.37. The summed E-state index contributed by atoms with van der Waals surface area (Å²) in [6, 6.07) is 13.1. The summed E-state index contributed by atoms with van der Waals surface area (Å²) in [5.41, 5.74) is 1.22. The Bertz CT molecular complexity index is 731. The minimum Gasteiger partial charge on any atom is -0.484 e. The van der Waals surface area contributed by atoms with E-state index in [-0.39, 0.29) is 25.0 Å².